The van der Waals surface area contributed by atoms with E-state index in [0.717, 1.165) is 68.1 Å². The van der Waals surface area contributed by atoms with Gasteiger partial charge in [0.1, 0.15) is 18.7 Å². The van der Waals surface area contributed by atoms with E-state index in [4.69, 9.17) is 9.47 Å². The molecule has 1 aliphatic heterocycles. The predicted octanol–water partition coefficient (Wildman–Crippen LogP) is 6.80. The van der Waals surface area contributed by atoms with E-state index in [1.54, 1.807) is 11.8 Å². The fourth-order valence-corrected chi connectivity index (χ4v) is 8.11. The molecule has 5 rings (SSSR count). The van der Waals surface area contributed by atoms with Gasteiger partial charge in [-0.25, -0.2) is 9.59 Å². The topological polar surface area (TPSA) is 172 Å². The lowest BCUT2D eigenvalue weighted by molar-refractivity contribution is -0.152. The summed E-state index contributed by atoms with van der Waals surface area (Å²) in [6.45, 7) is 3.03. The lowest BCUT2D eigenvalue weighted by Gasteiger charge is -2.31. The van der Waals surface area contributed by atoms with Crippen LogP contribution in [0, 0.1) is 11.8 Å². The number of hydrogen-bond donors (Lipinski definition) is 3. The van der Waals surface area contributed by atoms with E-state index in [0.29, 0.717) is 31.8 Å². The Labute approximate surface area is 353 Å². The largest absolute Gasteiger partial charge is 0.481 e. The van der Waals surface area contributed by atoms with Crippen LogP contribution in [0.3, 0.4) is 0 Å². The number of nitrogens with zero attached hydrogens (tertiary/aromatic N) is 2. The van der Waals surface area contributed by atoms with E-state index in [9.17, 15) is 33.9 Å². The minimum atomic E-state index is -1.49. The van der Waals surface area contributed by atoms with Crippen LogP contribution in [0.2, 0.25) is 0 Å². The SMILES string of the molecule is CCN(CC(=O)N[C@@H](CC(=O)O)C(=O)N[C@@H](CC1CCCCC1)C(=O)OC(c1ccccc1)c1ccccc1)C(=O)CCCC1CCN(C(=O)OCc2ccccc2)CC1. The predicted molar refractivity (Wildman–Crippen MR) is 225 cm³/mol. The number of likely N-dealkylation sites (N-methyl/N-ethyl adjacent to an activating group) is 1. The molecule has 13 heteroatoms. The molecule has 0 unspecified atom stereocenters. The molecule has 13 nitrogen and oxygen atoms in total. The van der Waals surface area contributed by atoms with Crippen LogP contribution in [0.15, 0.2) is 91.0 Å². The molecular formula is C47H60N4O9. The fraction of sp³-hybridized carbons (Fsp3) is 0.489. The van der Waals surface area contributed by atoms with Crippen molar-refractivity contribution in [1.82, 2.24) is 20.4 Å². The molecule has 2 fully saturated rings. The molecule has 2 aliphatic rings. The second-order valence-corrected chi connectivity index (χ2v) is 15.9. The smallest absolute Gasteiger partial charge is 0.410 e. The fourth-order valence-electron chi connectivity index (χ4n) is 8.11. The number of hydrogen-bond acceptors (Lipinski definition) is 8. The third-order valence-electron chi connectivity index (χ3n) is 11.5. The number of rotatable bonds is 20. The van der Waals surface area contributed by atoms with E-state index in [-0.39, 0.29) is 44.0 Å². The first-order valence-electron chi connectivity index (χ1n) is 21.4. The molecule has 1 saturated carbocycles. The van der Waals surface area contributed by atoms with Crippen molar-refractivity contribution in [3.63, 3.8) is 0 Å². The lowest BCUT2D eigenvalue weighted by atomic mass is 9.84. The van der Waals surface area contributed by atoms with Crippen LogP contribution >= 0.6 is 0 Å². The van der Waals surface area contributed by atoms with Gasteiger partial charge in [0, 0.05) is 26.1 Å². The van der Waals surface area contributed by atoms with Gasteiger partial charge in [-0.05, 0) is 67.6 Å². The third kappa shape index (κ3) is 14.5. The van der Waals surface area contributed by atoms with Crippen LogP contribution in [0.1, 0.15) is 107 Å². The highest BCUT2D eigenvalue weighted by Crippen LogP contribution is 2.30. The maximum atomic E-state index is 14.0. The first-order chi connectivity index (χ1) is 29.1. The van der Waals surface area contributed by atoms with Gasteiger partial charge in [-0.2, -0.15) is 0 Å². The highest BCUT2D eigenvalue weighted by molar-refractivity contribution is 5.94. The molecule has 1 heterocycles. The average Bonchev–Trinajstić information content (AvgIpc) is 3.27. The Morgan fingerprint density at radius 1 is 0.767 bits per heavy atom. The van der Waals surface area contributed by atoms with Crippen LogP contribution in [0.4, 0.5) is 4.79 Å². The van der Waals surface area contributed by atoms with Gasteiger partial charge in [-0.15, -0.1) is 0 Å². The van der Waals surface area contributed by atoms with E-state index in [2.05, 4.69) is 10.6 Å². The van der Waals surface area contributed by atoms with E-state index < -0.39 is 48.4 Å². The second-order valence-electron chi connectivity index (χ2n) is 15.9. The van der Waals surface area contributed by atoms with Gasteiger partial charge in [0.05, 0.1) is 13.0 Å². The molecule has 3 aromatic rings. The van der Waals surface area contributed by atoms with Gasteiger partial charge in [0.15, 0.2) is 6.10 Å². The van der Waals surface area contributed by atoms with Crippen molar-refractivity contribution in [1.29, 1.82) is 0 Å². The minimum Gasteiger partial charge on any atom is -0.481 e. The third-order valence-corrected chi connectivity index (χ3v) is 11.5. The molecule has 1 saturated heterocycles. The number of likely N-dealkylation sites (tertiary alicyclic amines) is 1. The van der Waals surface area contributed by atoms with E-state index in [1.807, 2.05) is 91.0 Å². The van der Waals surface area contributed by atoms with Crippen LogP contribution < -0.4 is 10.6 Å². The number of amides is 4. The number of piperidine rings is 1. The number of ether oxygens (including phenoxy) is 2. The van der Waals surface area contributed by atoms with Crippen molar-refractivity contribution in [3.8, 4) is 0 Å². The van der Waals surface area contributed by atoms with Gasteiger partial charge in [-0.1, -0.05) is 123 Å². The molecule has 1 aliphatic carbocycles. The van der Waals surface area contributed by atoms with Crippen molar-refractivity contribution in [2.24, 2.45) is 11.8 Å². The number of carboxylic acids is 1. The Morgan fingerprint density at radius 3 is 1.95 bits per heavy atom. The molecule has 322 valence electrons. The summed E-state index contributed by atoms with van der Waals surface area (Å²) in [4.78, 5) is 82.0. The summed E-state index contributed by atoms with van der Waals surface area (Å²) in [7, 11) is 0. The summed E-state index contributed by atoms with van der Waals surface area (Å²) in [5.41, 5.74) is 2.44. The Balaban J connectivity index is 1.13. The molecule has 0 spiro atoms. The lowest BCUT2D eigenvalue weighted by Crippen LogP contribution is -2.54. The zero-order valence-electron chi connectivity index (χ0n) is 34.7. The molecule has 60 heavy (non-hydrogen) atoms. The zero-order chi connectivity index (χ0) is 42.7. The van der Waals surface area contributed by atoms with Crippen LogP contribution in [-0.2, 0) is 40.1 Å². The minimum absolute atomic E-state index is 0.155. The Hall–Kier alpha value is -5.72. The number of carbonyl (C=O) groups is 6. The molecule has 0 aromatic heterocycles. The first kappa shape index (κ1) is 45.4. The number of esters is 1. The standard InChI is InChI=1S/C47H60N4O9/c1-2-50(42(53)25-15-20-34-26-28-51(29-27-34)47(58)59-33-36-18-9-4-10-19-36)32-41(52)48-39(31-43(54)55)45(56)49-40(30-35-16-7-3-8-17-35)46(57)60-44(37-21-11-5-12-22-37)38-23-13-6-14-24-38/h4-6,9-14,18-19,21-24,34-35,39-40,44H,2-3,7-8,15-17,20,25-33H2,1H3,(H,48,52)(H,49,56)(H,54,55)/t39-,40-/m0/s1. The Morgan fingerprint density at radius 2 is 1.37 bits per heavy atom. The van der Waals surface area contributed by atoms with Gasteiger partial charge in [0.25, 0.3) is 0 Å². The van der Waals surface area contributed by atoms with Crippen molar-refractivity contribution < 1.29 is 43.3 Å². The van der Waals surface area contributed by atoms with Gasteiger partial charge in [0.2, 0.25) is 17.7 Å². The number of carbonyl (C=O) groups excluding carboxylic acids is 5. The molecular weight excluding hydrogens is 765 g/mol. The Kier molecular flexibility index (Phi) is 18.0. The number of carboxylic acid groups (broad SMARTS) is 1. The van der Waals surface area contributed by atoms with Gasteiger partial charge in [-0.3, -0.25) is 19.2 Å². The van der Waals surface area contributed by atoms with Crippen LogP contribution in [0.25, 0.3) is 0 Å². The summed E-state index contributed by atoms with van der Waals surface area (Å²) in [5.74, 6) is -3.18. The van der Waals surface area contributed by atoms with Gasteiger partial charge < -0.3 is 35.0 Å². The molecule has 2 atom stereocenters. The summed E-state index contributed by atoms with van der Waals surface area (Å²) < 4.78 is 11.6. The number of benzene rings is 3. The monoisotopic (exact) mass is 824 g/mol. The summed E-state index contributed by atoms with van der Waals surface area (Å²) in [6, 6.07) is 25.6. The summed E-state index contributed by atoms with van der Waals surface area (Å²) in [6.07, 6.45) is 6.66. The maximum absolute atomic E-state index is 14.0. The number of aliphatic carboxylic acids is 1. The average molecular weight is 825 g/mol. The molecule has 3 aromatic carbocycles. The van der Waals surface area contributed by atoms with Crippen molar-refractivity contribution in [2.45, 2.75) is 109 Å². The van der Waals surface area contributed by atoms with Crippen molar-refractivity contribution in [3.05, 3.63) is 108 Å². The van der Waals surface area contributed by atoms with Crippen molar-refractivity contribution >= 4 is 35.8 Å². The highest BCUT2D eigenvalue weighted by Gasteiger charge is 2.34. The first-order valence-corrected chi connectivity index (χ1v) is 21.4. The number of nitrogens with one attached hydrogen (secondary N) is 2. The molecule has 0 radical (unpaired) electrons. The molecule has 3 N–H and O–H groups in total. The zero-order valence-corrected chi connectivity index (χ0v) is 34.7. The highest BCUT2D eigenvalue weighted by atomic mass is 16.6. The van der Waals surface area contributed by atoms with Gasteiger partial charge >= 0.3 is 18.0 Å². The van der Waals surface area contributed by atoms with Crippen LogP contribution in [-0.4, -0.2) is 88.9 Å². The second kappa shape index (κ2) is 23.8. The van der Waals surface area contributed by atoms with Crippen molar-refractivity contribution in [2.75, 3.05) is 26.2 Å². The molecule has 0 bridgehead atoms. The molecule has 4 amide bonds. The summed E-state index contributed by atoms with van der Waals surface area (Å²) in [5, 5.41) is 15.0. The normalized spacial score (nSPS) is 15.7. The van der Waals surface area contributed by atoms with E-state index in [1.165, 1.54) is 4.90 Å². The quantitative estimate of drug-likeness (QED) is 0.104. The van der Waals surface area contributed by atoms with Crippen LogP contribution in [0.5, 0.6) is 0 Å². The summed E-state index contributed by atoms with van der Waals surface area (Å²) >= 11 is 0. The Bertz CT molecular complexity index is 1790. The maximum Gasteiger partial charge on any atom is 0.410 e. The van der Waals surface area contributed by atoms with E-state index >= 15 is 0 Å².